The van der Waals surface area contributed by atoms with Gasteiger partial charge in [0.2, 0.25) is 10.0 Å². The van der Waals surface area contributed by atoms with E-state index in [4.69, 9.17) is 0 Å². The van der Waals surface area contributed by atoms with Crippen molar-refractivity contribution in [3.8, 4) is 11.8 Å². The summed E-state index contributed by atoms with van der Waals surface area (Å²) in [6.07, 6.45) is 1.59. The molecular weight excluding hydrogens is 358 g/mol. The molecule has 3 aromatic rings. The number of nitrogens with zero attached hydrogens (tertiary/aromatic N) is 2. The molecule has 27 heavy (non-hydrogen) atoms. The molecule has 0 aliphatic heterocycles. The van der Waals surface area contributed by atoms with E-state index < -0.39 is 10.0 Å². The summed E-state index contributed by atoms with van der Waals surface area (Å²) in [6, 6.07) is 18.9. The minimum atomic E-state index is -3.66. The van der Waals surface area contributed by atoms with E-state index in [1.165, 1.54) is 5.56 Å². The van der Waals surface area contributed by atoms with Gasteiger partial charge in [-0.05, 0) is 24.7 Å². The van der Waals surface area contributed by atoms with E-state index in [-0.39, 0.29) is 11.4 Å². The third-order valence-corrected chi connectivity index (χ3v) is 5.44. The molecule has 0 fully saturated rings. The van der Waals surface area contributed by atoms with Gasteiger partial charge in [0, 0.05) is 18.1 Å². The summed E-state index contributed by atoms with van der Waals surface area (Å²) in [5, 5.41) is 0.786. The van der Waals surface area contributed by atoms with E-state index in [1.807, 2.05) is 37.4 Å². The fraction of sp³-hybridized carbons (Fsp3) is 0.190. The highest BCUT2D eigenvalue weighted by Crippen LogP contribution is 2.20. The first-order chi connectivity index (χ1) is 13.1. The second kappa shape index (κ2) is 8.78. The van der Waals surface area contributed by atoms with Crippen molar-refractivity contribution in [2.24, 2.45) is 0 Å². The Morgan fingerprint density at radius 1 is 1.00 bits per heavy atom. The zero-order valence-electron chi connectivity index (χ0n) is 15.1. The Morgan fingerprint density at radius 2 is 1.78 bits per heavy atom. The number of pyridine rings is 1. The van der Waals surface area contributed by atoms with Crippen LogP contribution in [0.4, 0.5) is 0 Å². The van der Waals surface area contributed by atoms with E-state index in [0.29, 0.717) is 12.1 Å². The van der Waals surface area contributed by atoms with Gasteiger partial charge < -0.3 is 0 Å². The number of hydrogen-bond acceptors (Lipinski definition) is 4. The molecule has 0 saturated heterocycles. The second-order valence-electron chi connectivity index (χ2n) is 6.17. The van der Waals surface area contributed by atoms with Crippen molar-refractivity contribution in [1.29, 1.82) is 0 Å². The minimum absolute atomic E-state index is 0.0602. The molecule has 1 heterocycles. The molecule has 0 saturated carbocycles. The van der Waals surface area contributed by atoms with Crippen LogP contribution in [-0.2, 0) is 16.6 Å². The van der Waals surface area contributed by atoms with Gasteiger partial charge in [-0.15, -0.1) is 0 Å². The molecule has 0 bridgehead atoms. The molecule has 5 nitrogen and oxygen atoms in total. The molecule has 1 aromatic heterocycles. The molecule has 2 aromatic carbocycles. The standard InChI is InChI=1S/C21H21N3O2S/c1-24(17-18-9-3-2-4-10-18)16-6-5-15-23-27(25,26)20-13-7-11-19-12-8-14-22-21(19)20/h2-4,7-14,23H,15-17H2,1H3. The van der Waals surface area contributed by atoms with Crippen molar-refractivity contribution in [3.63, 3.8) is 0 Å². The summed E-state index contributed by atoms with van der Waals surface area (Å²) in [7, 11) is -1.68. The Hall–Kier alpha value is -2.72. The summed E-state index contributed by atoms with van der Waals surface area (Å²) in [6.45, 7) is 1.42. The van der Waals surface area contributed by atoms with Gasteiger partial charge in [0.15, 0.2) is 0 Å². The van der Waals surface area contributed by atoms with Crippen LogP contribution < -0.4 is 4.72 Å². The maximum atomic E-state index is 12.6. The van der Waals surface area contributed by atoms with Crippen molar-refractivity contribution >= 4 is 20.9 Å². The van der Waals surface area contributed by atoms with Gasteiger partial charge in [0.05, 0.1) is 18.6 Å². The number of fused-ring (bicyclic) bond motifs is 1. The highest BCUT2D eigenvalue weighted by molar-refractivity contribution is 7.89. The Labute approximate surface area is 160 Å². The van der Waals surface area contributed by atoms with Crippen LogP contribution in [-0.4, -0.2) is 38.4 Å². The number of para-hydroxylation sites is 1. The van der Waals surface area contributed by atoms with Gasteiger partial charge in [-0.25, -0.2) is 8.42 Å². The van der Waals surface area contributed by atoms with Crippen molar-refractivity contribution in [3.05, 3.63) is 72.4 Å². The third-order valence-electron chi connectivity index (χ3n) is 4.01. The molecule has 6 heteroatoms. The van der Waals surface area contributed by atoms with Crippen molar-refractivity contribution in [2.45, 2.75) is 11.4 Å². The largest absolute Gasteiger partial charge is 0.291 e. The van der Waals surface area contributed by atoms with E-state index in [2.05, 4.69) is 38.6 Å². The Kier molecular flexibility index (Phi) is 6.20. The first-order valence-electron chi connectivity index (χ1n) is 8.58. The molecule has 0 unspecified atom stereocenters. The number of sulfonamides is 1. The topological polar surface area (TPSA) is 62.3 Å². The van der Waals surface area contributed by atoms with E-state index in [0.717, 1.165) is 11.9 Å². The molecule has 0 aliphatic rings. The van der Waals surface area contributed by atoms with E-state index in [9.17, 15) is 8.42 Å². The molecular formula is C21H21N3O2S. The summed E-state index contributed by atoms with van der Waals surface area (Å²) < 4.78 is 27.6. The molecule has 3 rings (SSSR count). The van der Waals surface area contributed by atoms with Crippen LogP contribution in [0.5, 0.6) is 0 Å². The molecule has 0 atom stereocenters. The highest BCUT2D eigenvalue weighted by Gasteiger charge is 2.16. The van der Waals surface area contributed by atoms with E-state index >= 15 is 0 Å². The summed E-state index contributed by atoms with van der Waals surface area (Å²) >= 11 is 0. The van der Waals surface area contributed by atoms with Gasteiger partial charge >= 0.3 is 0 Å². The maximum Gasteiger partial charge on any atom is 0.243 e. The lowest BCUT2D eigenvalue weighted by atomic mass is 10.2. The molecule has 0 aliphatic carbocycles. The number of nitrogens with one attached hydrogen (secondary N) is 1. The van der Waals surface area contributed by atoms with Crippen LogP contribution in [0.2, 0.25) is 0 Å². The summed E-state index contributed by atoms with van der Waals surface area (Å²) in [4.78, 5) is 6.44. The van der Waals surface area contributed by atoms with Gasteiger partial charge in [0.1, 0.15) is 4.90 Å². The minimum Gasteiger partial charge on any atom is -0.291 e. The lowest BCUT2D eigenvalue weighted by Crippen LogP contribution is -2.24. The zero-order chi connectivity index (χ0) is 19.1. The van der Waals surface area contributed by atoms with Gasteiger partial charge in [0.25, 0.3) is 0 Å². The Balaban J connectivity index is 1.58. The maximum absolute atomic E-state index is 12.6. The normalized spacial score (nSPS) is 11.3. The first-order valence-corrected chi connectivity index (χ1v) is 10.1. The number of hydrogen-bond donors (Lipinski definition) is 1. The predicted octanol–water partition coefficient (Wildman–Crippen LogP) is 2.65. The first kappa shape index (κ1) is 19.1. The molecule has 138 valence electrons. The number of benzene rings is 2. The second-order valence-corrected chi connectivity index (χ2v) is 7.90. The molecule has 1 N–H and O–H groups in total. The smallest absolute Gasteiger partial charge is 0.243 e. The van der Waals surface area contributed by atoms with Crippen LogP contribution >= 0.6 is 0 Å². The third kappa shape index (κ3) is 5.14. The fourth-order valence-corrected chi connectivity index (χ4v) is 3.81. The van der Waals surface area contributed by atoms with Crippen molar-refractivity contribution in [2.75, 3.05) is 20.1 Å². The zero-order valence-corrected chi connectivity index (χ0v) is 15.9. The number of aromatic nitrogens is 1. The lowest BCUT2D eigenvalue weighted by molar-refractivity contribution is 0.369. The Morgan fingerprint density at radius 3 is 2.59 bits per heavy atom. The van der Waals surface area contributed by atoms with Crippen LogP contribution in [0.25, 0.3) is 10.9 Å². The van der Waals surface area contributed by atoms with Gasteiger partial charge in [-0.2, -0.15) is 4.72 Å². The predicted molar refractivity (Wildman–Crippen MR) is 107 cm³/mol. The highest BCUT2D eigenvalue weighted by atomic mass is 32.2. The van der Waals surface area contributed by atoms with Crippen LogP contribution in [0, 0.1) is 11.8 Å². The monoisotopic (exact) mass is 379 g/mol. The summed E-state index contributed by atoms with van der Waals surface area (Å²) in [5.74, 6) is 5.87. The van der Waals surface area contributed by atoms with Crippen LogP contribution in [0.15, 0.2) is 71.8 Å². The average molecular weight is 379 g/mol. The van der Waals surface area contributed by atoms with Gasteiger partial charge in [-0.1, -0.05) is 60.4 Å². The van der Waals surface area contributed by atoms with Crippen molar-refractivity contribution < 1.29 is 8.42 Å². The average Bonchev–Trinajstić information content (AvgIpc) is 2.68. The van der Waals surface area contributed by atoms with Crippen molar-refractivity contribution in [1.82, 2.24) is 14.6 Å². The fourth-order valence-electron chi connectivity index (χ4n) is 2.71. The summed E-state index contributed by atoms with van der Waals surface area (Å²) in [5.41, 5.74) is 1.68. The SMILES string of the molecule is CN(CC#CCNS(=O)(=O)c1cccc2cccnc12)Cc1ccccc1. The Bertz CT molecular complexity index is 1070. The lowest BCUT2D eigenvalue weighted by Gasteiger charge is -2.12. The van der Waals surface area contributed by atoms with Crippen LogP contribution in [0.1, 0.15) is 5.56 Å². The molecule has 0 amide bonds. The molecule has 0 radical (unpaired) electrons. The van der Waals surface area contributed by atoms with E-state index in [1.54, 1.807) is 24.4 Å². The molecule has 0 spiro atoms. The van der Waals surface area contributed by atoms with Gasteiger partial charge in [-0.3, -0.25) is 9.88 Å². The number of rotatable bonds is 6. The van der Waals surface area contributed by atoms with Crippen LogP contribution in [0.3, 0.4) is 0 Å². The quantitative estimate of drug-likeness (QED) is 0.669.